The van der Waals surface area contributed by atoms with Crippen molar-refractivity contribution >= 4 is 17.8 Å². The van der Waals surface area contributed by atoms with Gasteiger partial charge in [-0.3, -0.25) is 0 Å². The molecule has 31 heavy (non-hydrogen) atoms. The Hall–Kier alpha value is -2.60. The van der Waals surface area contributed by atoms with Gasteiger partial charge in [0.25, 0.3) is 0 Å². The molecule has 0 spiro atoms. The molecule has 0 bridgehead atoms. The van der Waals surface area contributed by atoms with Gasteiger partial charge in [0.05, 0.1) is 0 Å². The molecular formula is C20H31FN10. The lowest BCUT2D eigenvalue weighted by molar-refractivity contribution is 0.441. The number of nitrogens with zero attached hydrogens (tertiary/aromatic N) is 5. The molecule has 2 saturated heterocycles. The number of aromatic nitrogens is 3. The number of nitrogens with one attached hydrogen (secondary N) is 1. The van der Waals surface area contributed by atoms with Crippen LogP contribution in [-0.4, -0.2) is 65.3 Å². The summed E-state index contributed by atoms with van der Waals surface area (Å²) >= 11 is 0. The molecule has 0 amide bonds. The summed E-state index contributed by atoms with van der Waals surface area (Å²) in [5, 5.41) is 3.22. The highest BCUT2D eigenvalue weighted by molar-refractivity contribution is 5.47. The largest absolute Gasteiger partial charge is 0.350 e. The summed E-state index contributed by atoms with van der Waals surface area (Å²) < 4.78 is 13.2. The van der Waals surface area contributed by atoms with Crippen LogP contribution >= 0.6 is 0 Å². The predicted molar refractivity (Wildman–Crippen MR) is 119 cm³/mol. The molecule has 0 saturated carbocycles. The van der Waals surface area contributed by atoms with E-state index in [0.29, 0.717) is 50.6 Å². The van der Waals surface area contributed by atoms with Gasteiger partial charge in [0.2, 0.25) is 17.8 Å². The third-order valence-electron chi connectivity index (χ3n) is 5.57. The third-order valence-corrected chi connectivity index (χ3v) is 5.57. The zero-order valence-electron chi connectivity index (χ0n) is 17.5. The van der Waals surface area contributed by atoms with Crippen LogP contribution in [0.2, 0.25) is 0 Å². The van der Waals surface area contributed by atoms with E-state index in [1.165, 1.54) is 12.1 Å². The van der Waals surface area contributed by atoms with E-state index in [1.807, 2.05) is 9.80 Å². The Labute approximate surface area is 181 Å². The van der Waals surface area contributed by atoms with Crippen LogP contribution in [-0.2, 0) is 6.54 Å². The summed E-state index contributed by atoms with van der Waals surface area (Å²) in [6.45, 7) is 2.92. The lowest BCUT2D eigenvalue weighted by atomic mass is 10.0. The number of hydrogen-bond donors (Lipinski definition) is 5. The van der Waals surface area contributed by atoms with Gasteiger partial charge >= 0.3 is 0 Å². The maximum Gasteiger partial charge on any atom is 0.232 e. The molecule has 4 rings (SSSR count). The Bertz CT molecular complexity index is 815. The Balaban J connectivity index is 1.60. The Morgan fingerprint density at radius 3 is 1.68 bits per heavy atom. The van der Waals surface area contributed by atoms with E-state index in [1.54, 1.807) is 12.1 Å². The number of nitrogens with two attached hydrogens (primary N) is 4. The maximum absolute atomic E-state index is 13.2. The van der Waals surface area contributed by atoms with Crippen molar-refractivity contribution in [2.45, 2.75) is 43.6 Å². The fourth-order valence-electron chi connectivity index (χ4n) is 4.18. The van der Waals surface area contributed by atoms with Crippen LogP contribution in [0.15, 0.2) is 24.3 Å². The summed E-state index contributed by atoms with van der Waals surface area (Å²) in [6.07, 6.45) is 1.53. The zero-order chi connectivity index (χ0) is 22.0. The van der Waals surface area contributed by atoms with Gasteiger partial charge in [-0.05, 0) is 30.5 Å². The van der Waals surface area contributed by atoms with Crippen molar-refractivity contribution in [2.75, 3.05) is 41.3 Å². The second-order valence-electron chi connectivity index (χ2n) is 8.56. The third kappa shape index (κ3) is 5.56. The summed E-state index contributed by atoms with van der Waals surface area (Å²) in [5.74, 6) is 1.18. The summed E-state index contributed by atoms with van der Waals surface area (Å²) in [4.78, 5) is 17.9. The number of benzene rings is 1. The molecule has 4 atom stereocenters. The topological polar surface area (TPSA) is 161 Å². The molecule has 2 aromatic rings. The molecule has 10 nitrogen and oxygen atoms in total. The van der Waals surface area contributed by atoms with Crippen LogP contribution in [0.1, 0.15) is 18.4 Å². The minimum atomic E-state index is -0.274. The second-order valence-corrected chi connectivity index (χ2v) is 8.56. The molecule has 1 aromatic heterocycles. The van der Waals surface area contributed by atoms with E-state index in [9.17, 15) is 4.39 Å². The quantitative estimate of drug-likeness (QED) is 0.412. The van der Waals surface area contributed by atoms with Crippen LogP contribution in [0, 0.1) is 5.82 Å². The van der Waals surface area contributed by atoms with E-state index in [-0.39, 0.29) is 30.0 Å². The average molecular weight is 431 g/mol. The van der Waals surface area contributed by atoms with Crippen LogP contribution in [0.4, 0.5) is 22.2 Å². The Morgan fingerprint density at radius 1 is 0.774 bits per heavy atom. The van der Waals surface area contributed by atoms with Crippen molar-refractivity contribution in [2.24, 2.45) is 22.9 Å². The number of rotatable bonds is 5. The fourth-order valence-corrected chi connectivity index (χ4v) is 4.18. The molecule has 0 radical (unpaired) electrons. The number of anilines is 3. The van der Waals surface area contributed by atoms with Crippen molar-refractivity contribution in [3.05, 3.63) is 35.6 Å². The van der Waals surface area contributed by atoms with Crippen molar-refractivity contribution in [3.63, 3.8) is 0 Å². The monoisotopic (exact) mass is 430 g/mol. The first-order chi connectivity index (χ1) is 14.9. The van der Waals surface area contributed by atoms with E-state index >= 15 is 0 Å². The first-order valence-electron chi connectivity index (χ1n) is 10.6. The smallest absolute Gasteiger partial charge is 0.232 e. The standard InChI is InChI=1S/C20H31FN10/c21-13-3-1-12(2-4-13)7-26-18-27-19(30-8-14(22)5-15(23)9-30)29-20(28-18)31-10-16(24)6-17(25)11-31/h1-4,14-17H,5-11,22-25H2,(H,26,27,28,29). The van der Waals surface area contributed by atoms with Gasteiger partial charge in [-0.15, -0.1) is 0 Å². The molecule has 4 unspecified atom stereocenters. The summed E-state index contributed by atoms with van der Waals surface area (Å²) in [7, 11) is 0. The van der Waals surface area contributed by atoms with Crippen LogP contribution in [0.25, 0.3) is 0 Å². The van der Waals surface area contributed by atoms with Crippen LogP contribution in [0.3, 0.4) is 0 Å². The first kappa shape index (κ1) is 21.6. The highest BCUT2D eigenvalue weighted by Crippen LogP contribution is 2.22. The molecule has 1 aromatic carbocycles. The van der Waals surface area contributed by atoms with E-state index in [0.717, 1.165) is 18.4 Å². The first-order valence-corrected chi connectivity index (χ1v) is 10.6. The highest BCUT2D eigenvalue weighted by atomic mass is 19.1. The van der Waals surface area contributed by atoms with Gasteiger partial charge in [-0.1, -0.05) is 12.1 Å². The Morgan fingerprint density at radius 2 is 1.23 bits per heavy atom. The SMILES string of the molecule is NC1CC(N)CN(c2nc(NCc3ccc(F)cc3)nc(N3CC(N)CC(N)C3)n2)C1. The molecule has 2 aliphatic rings. The van der Waals surface area contributed by atoms with Crippen LogP contribution < -0.4 is 38.1 Å². The van der Waals surface area contributed by atoms with Gasteiger partial charge in [0.1, 0.15) is 5.82 Å². The van der Waals surface area contributed by atoms with Gasteiger partial charge in [0.15, 0.2) is 0 Å². The van der Waals surface area contributed by atoms with Gasteiger partial charge in [-0.25, -0.2) is 4.39 Å². The van der Waals surface area contributed by atoms with Gasteiger partial charge in [0, 0.05) is 56.9 Å². The average Bonchev–Trinajstić information content (AvgIpc) is 2.72. The molecule has 11 heteroatoms. The molecule has 168 valence electrons. The minimum Gasteiger partial charge on any atom is -0.350 e. The second kappa shape index (κ2) is 9.27. The van der Waals surface area contributed by atoms with Crippen molar-refractivity contribution in [1.82, 2.24) is 15.0 Å². The molecule has 9 N–H and O–H groups in total. The Kier molecular flexibility index (Phi) is 6.46. The van der Waals surface area contributed by atoms with Crippen molar-refractivity contribution in [3.8, 4) is 0 Å². The van der Waals surface area contributed by atoms with E-state index in [4.69, 9.17) is 27.9 Å². The molecule has 2 aliphatic heterocycles. The number of piperidine rings is 2. The van der Waals surface area contributed by atoms with E-state index in [2.05, 4.69) is 15.3 Å². The fraction of sp³-hybridized carbons (Fsp3) is 0.550. The molecule has 2 fully saturated rings. The van der Waals surface area contributed by atoms with Crippen molar-refractivity contribution in [1.29, 1.82) is 0 Å². The maximum atomic E-state index is 13.2. The highest BCUT2D eigenvalue weighted by Gasteiger charge is 2.28. The van der Waals surface area contributed by atoms with E-state index < -0.39 is 0 Å². The van der Waals surface area contributed by atoms with Crippen LogP contribution in [0.5, 0.6) is 0 Å². The normalized spacial score (nSPS) is 26.7. The predicted octanol–water partition coefficient (Wildman–Crippen LogP) is -0.648. The summed E-state index contributed by atoms with van der Waals surface area (Å²) in [5.41, 5.74) is 25.6. The van der Waals surface area contributed by atoms with Gasteiger partial charge < -0.3 is 38.1 Å². The molecular weight excluding hydrogens is 399 g/mol. The lowest BCUT2D eigenvalue weighted by Gasteiger charge is -2.37. The number of hydrogen-bond acceptors (Lipinski definition) is 10. The number of halogens is 1. The van der Waals surface area contributed by atoms with Crippen molar-refractivity contribution < 1.29 is 4.39 Å². The zero-order valence-corrected chi connectivity index (χ0v) is 17.5. The minimum absolute atomic E-state index is 0.0450. The molecule has 0 aliphatic carbocycles. The lowest BCUT2D eigenvalue weighted by Crippen LogP contribution is -2.54. The van der Waals surface area contributed by atoms with Gasteiger partial charge in [-0.2, -0.15) is 15.0 Å². The molecule has 3 heterocycles. The summed E-state index contributed by atoms with van der Waals surface area (Å²) in [6, 6.07) is 6.11.